The number of aryl methyl sites for hydroxylation is 1. The highest BCUT2D eigenvalue weighted by molar-refractivity contribution is 6.32. The van der Waals surface area contributed by atoms with Crippen LogP contribution in [0.3, 0.4) is 0 Å². The van der Waals surface area contributed by atoms with Crippen molar-refractivity contribution in [3.63, 3.8) is 0 Å². The van der Waals surface area contributed by atoms with E-state index >= 15 is 0 Å². The van der Waals surface area contributed by atoms with Crippen molar-refractivity contribution in [2.45, 2.75) is 45.7 Å². The molecule has 0 aliphatic rings. The molecular weight excluding hydrogens is 460 g/mol. The molecule has 0 saturated carbocycles. The first-order valence-electron chi connectivity index (χ1n) is 12.0. The molecule has 0 aliphatic heterocycles. The highest BCUT2D eigenvalue weighted by Crippen LogP contribution is 2.23. The predicted octanol–water partition coefficient (Wildman–Crippen LogP) is 5.58. The monoisotopic (exact) mass is 492 g/mol. The number of carbonyl (C=O) groups is 2. The summed E-state index contributed by atoms with van der Waals surface area (Å²) in [6.45, 7) is 4.74. The molecule has 0 aromatic heterocycles. The summed E-state index contributed by atoms with van der Waals surface area (Å²) >= 11 is 6.21. The standard InChI is InChI=1S/C29H33ClN2O3/c1-3-4-18-31-29(34)26(19-23-10-6-5-7-11-23)32(20-24-16-14-22(2)15-17-24)28(33)21-35-27-13-9-8-12-25(27)30/h5-17,26H,3-4,18-21H2,1-2H3,(H,31,34)/t26-/m0/s1. The summed E-state index contributed by atoms with van der Waals surface area (Å²) in [6.07, 6.45) is 2.26. The number of hydrogen-bond acceptors (Lipinski definition) is 3. The second-order valence-corrected chi connectivity index (χ2v) is 8.98. The minimum absolute atomic E-state index is 0.166. The fraction of sp³-hybridized carbons (Fsp3) is 0.310. The highest BCUT2D eigenvalue weighted by atomic mass is 35.5. The van der Waals surface area contributed by atoms with Gasteiger partial charge < -0.3 is 15.0 Å². The largest absolute Gasteiger partial charge is 0.482 e. The van der Waals surface area contributed by atoms with E-state index in [0.717, 1.165) is 29.5 Å². The minimum Gasteiger partial charge on any atom is -0.482 e. The van der Waals surface area contributed by atoms with E-state index in [1.165, 1.54) is 0 Å². The normalized spacial score (nSPS) is 11.5. The van der Waals surface area contributed by atoms with Crippen LogP contribution in [-0.4, -0.2) is 35.9 Å². The molecule has 0 saturated heterocycles. The first kappa shape index (κ1) is 26.3. The Bertz CT molecular complexity index is 1090. The molecule has 184 valence electrons. The molecule has 3 rings (SSSR count). The van der Waals surface area contributed by atoms with Crippen molar-refractivity contribution in [1.29, 1.82) is 0 Å². The third kappa shape index (κ3) is 8.15. The lowest BCUT2D eigenvalue weighted by molar-refractivity contribution is -0.142. The molecule has 3 aromatic carbocycles. The summed E-state index contributed by atoms with van der Waals surface area (Å²) in [5, 5.41) is 3.46. The summed E-state index contributed by atoms with van der Waals surface area (Å²) in [5.41, 5.74) is 3.06. The molecule has 5 nitrogen and oxygen atoms in total. The van der Waals surface area contributed by atoms with Crippen molar-refractivity contribution < 1.29 is 14.3 Å². The van der Waals surface area contributed by atoms with Gasteiger partial charge >= 0.3 is 0 Å². The van der Waals surface area contributed by atoms with Crippen LogP contribution in [-0.2, 0) is 22.6 Å². The van der Waals surface area contributed by atoms with Crippen molar-refractivity contribution in [1.82, 2.24) is 10.2 Å². The molecule has 0 spiro atoms. The Kier molecular flexibility index (Phi) is 10.2. The molecule has 1 N–H and O–H groups in total. The summed E-state index contributed by atoms with van der Waals surface area (Å²) in [5.74, 6) is -0.0117. The topological polar surface area (TPSA) is 58.6 Å². The van der Waals surface area contributed by atoms with E-state index in [4.69, 9.17) is 16.3 Å². The van der Waals surface area contributed by atoms with Crippen LogP contribution in [0.4, 0.5) is 0 Å². The van der Waals surface area contributed by atoms with Gasteiger partial charge in [0.25, 0.3) is 5.91 Å². The minimum atomic E-state index is -0.682. The first-order valence-corrected chi connectivity index (χ1v) is 12.4. The van der Waals surface area contributed by atoms with E-state index in [0.29, 0.717) is 30.3 Å². The lowest BCUT2D eigenvalue weighted by Crippen LogP contribution is -2.51. The van der Waals surface area contributed by atoms with Crippen molar-refractivity contribution in [3.05, 3.63) is 101 Å². The van der Waals surface area contributed by atoms with Crippen LogP contribution in [0.2, 0.25) is 5.02 Å². The van der Waals surface area contributed by atoms with Gasteiger partial charge in [0.15, 0.2) is 6.61 Å². The van der Waals surface area contributed by atoms with Gasteiger partial charge in [0.2, 0.25) is 5.91 Å². The maximum absolute atomic E-state index is 13.5. The van der Waals surface area contributed by atoms with Crippen molar-refractivity contribution in [2.75, 3.05) is 13.2 Å². The smallest absolute Gasteiger partial charge is 0.261 e. The lowest BCUT2D eigenvalue weighted by Gasteiger charge is -2.31. The van der Waals surface area contributed by atoms with Gasteiger partial charge in [-0.05, 0) is 36.6 Å². The van der Waals surface area contributed by atoms with Gasteiger partial charge in [0.1, 0.15) is 11.8 Å². The van der Waals surface area contributed by atoms with E-state index in [1.54, 1.807) is 29.2 Å². The number of benzene rings is 3. The van der Waals surface area contributed by atoms with Crippen LogP contribution < -0.4 is 10.1 Å². The van der Waals surface area contributed by atoms with E-state index < -0.39 is 6.04 Å². The van der Waals surface area contributed by atoms with Crippen LogP contribution in [0.25, 0.3) is 0 Å². The first-order chi connectivity index (χ1) is 17.0. The van der Waals surface area contributed by atoms with Crippen molar-refractivity contribution in [3.8, 4) is 5.75 Å². The Labute approximate surface area is 213 Å². The number of nitrogens with zero attached hydrogens (tertiary/aromatic N) is 1. The predicted molar refractivity (Wildman–Crippen MR) is 141 cm³/mol. The zero-order valence-corrected chi connectivity index (χ0v) is 21.1. The number of para-hydroxylation sites is 1. The highest BCUT2D eigenvalue weighted by Gasteiger charge is 2.30. The van der Waals surface area contributed by atoms with Crippen LogP contribution >= 0.6 is 11.6 Å². The van der Waals surface area contributed by atoms with Crippen molar-refractivity contribution in [2.24, 2.45) is 0 Å². The van der Waals surface area contributed by atoms with Crippen LogP contribution in [0.5, 0.6) is 5.75 Å². The summed E-state index contributed by atoms with van der Waals surface area (Å²) < 4.78 is 5.76. The maximum Gasteiger partial charge on any atom is 0.261 e. The Morgan fingerprint density at radius 2 is 1.63 bits per heavy atom. The number of halogens is 1. The third-order valence-corrected chi connectivity index (χ3v) is 6.07. The fourth-order valence-corrected chi connectivity index (χ4v) is 3.92. The van der Waals surface area contributed by atoms with Gasteiger partial charge in [0, 0.05) is 19.5 Å². The molecule has 0 radical (unpaired) electrons. The summed E-state index contributed by atoms with van der Waals surface area (Å²) in [4.78, 5) is 28.5. The summed E-state index contributed by atoms with van der Waals surface area (Å²) in [6, 6.07) is 24.1. The fourth-order valence-electron chi connectivity index (χ4n) is 3.73. The molecular formula is C29H33ClN2O3. The van der Waals surface area contributed by atoms with E-state index in [-0.39, 0.29) is 18.4 Å². The van der Waals surface area contributed by atoms with Gasteiger partial charge in [-0.2, -0.15) is 0 Å². The molecule has 0 bridgehead atoms. The number of carbonyl (C=O) groups excluding carboxylic acids is 2. The second-order valence-electron chi connectivity index (χ2n) is 8.58. The number of rotatable bonds is 12. The zero-order chi connectivity index (χ0) is 25.0. The number of nitrogens with one attached hydrogen (secondary N) is 1. The molecule has 2 amide bonds. The number of unbranched alkanes of at least 4 members (excludes halogenated alkanes) is 1. The number of ether oxygens (including phenoxy) is 1. The van der Waals surface area contributed by atoms with Crippen LogP contribution in [0.15, 0.2) is 78.9 Å². The van der Waals surface area contributed by atoms with E-state index in [9.17, 15) is 9.59 Å². The molecule has 0 aliphatic carbocycles. The Balaban J connectivity index is 1.88. The van der Waals surface area contributed by atoms with Gasteiger partial charge in [-0.3, -0.25) is 9.59 Å². The quantitative estimate of drug-likeness (QED) is 0.335. The molecule has 0 heterocycles. The Morgan fingerprint density at radius 3 is 2.31 bits per heavy atom. The number of hydrogen-bond donors (Lipinski definition) is 1. The lowest BCUT2D eigenvalue weighted by atomic mass is 10.0. The zero-order valence-electron chi connectivity index (χ0n) is 20.4. The average Bonchev–Trinajstić information content (AvgIpc) is 2.87. The molecule has 0 unspecified atom stereocenters. The van der Waals surface area contributed by atoms with Gasteiger partial charge in [-0.15, -0.1) is 0 Å². The molecule has 1 atom stereocenters. The average molecular weight is 493 g/mol. The maximum atomic E-state index is 13.5. The molecule has 35 heavy (non-hydrogen) atoms. The summed E-state index contributed by atoms with van der Waals surface area (Å²) in [7, 11) is 0. The van der Waals surface area contributed by atoms with E-state index in [1.807, 2.05) is 61.5 Å². The number of amides is 2. The van der Waals surface area contributed by atoms with Gasteiger partial charge in [0.05, 0.1) is 5.02 Å². The molecule has 6 heteroatoms. The van der Waals surface area contributed by atoms with E-state index in [2.05, 4.69) is 12.2 Å². The molecule has 0 fully saturated rings. The van der Waals surface area contributed by atoms with Gasteiger partial charge in [-0.1, -0.05) is 97.2 Å². The van der Waals surface area contributed by atoms with Crippen LogP contribution in [0, 0.1) is 6.92 Å². The van der Waals surface area contributed by atoms with Crippen LogP contribution in [0.1, 0.15) is 36.5 Å². The second kappa shape index (κ2) is 13.5. The van der Waals surface area contributed by atoms with Crippen molar-refractivity contribution >= 4 is 23.4 Å². The SMILES string of the molecule is CCCCNC(=O)[C@H](Cc1ccccc1)N(Cc1ccc(C)cc1)C(=O)COc1ccccc1Cl. The molecule has 3 aromatic rings. The Hall–Kier alpha value is -3.31. The van der Waals surface area contributed by atoms with Gasteiger partial charge in [-0.25, -0.2) is 0 Å². The third-order valence-electron chi connectivity index (χ3n) is 5.76. The Morgan fingerprint density at radius 1 is 0.943 bits per heavy atom.